The topological polar surface area (TPSA) is 109 Å². The standard InChI is InChI=1S/C26H32N4O4S/c1-15-10-21(34-29-15)23(26(3,4)5)25(33)30-13-19(31)11-20(30)24(32)28-16(2)17-6-8-18(9-7-17)22-12-27-14-35-22/h6-10,12,14,16,19-20,23,31H,11,13H2,1-5H3,(H,28,32)/t16-,19+,20-,23+/m0/s1. The summed E-state index contributed by atoms with van der Waals surface area (Å²) in [5.74, 6) is -0.682. The van der Waals surface area contributed by atoms with Crippen LogP contribution in [0.3, 0.4) is 0 Å². The van der Waals surface area contributed by atoms with Crippen molar-refractivity contribution in [3.63, 3.8) is 0 Å². The van der Waals surface area contributed by atoms with E-state index in [2.05, 4.69) is 15.5 Å². The summed E-state index contributed by atoms with van der Waals surface area (Å²) in [7, 11) is 0. The van der Waals surface area contributed by atoms with Crippen molar-refractivity contribution in [3.8, 4) is 10.4 Å². The Morgan fingerprint density at radius 3 is 2.54 bits per heavy atom. The van der Waals surface area contributed by atoms with Gasteiger partial charge in [-0.2, -0.15) is 0 Å². The van der Waals surface area contributed by atoms with Crippen molar-refractivity contribution in [1.82, 2.24) is 20.4 Å². The lowest BCUT2D eigenvalue weighted by atomic mass is 9.78. The van der Waals surface area contributed by atoms with E-state index in [1.54, 1.807) is 29.8 Å². The van der Waals surface area contributed by atoms with Gasteiger partial charge in [-0.25, -0.2) is 0 Å². The molecule has 0 bridgehead atoms. The van der Waals surface area contributed by atoms with E-state index in [4.69, 9.17) is 4.52 Å². The first-order valence-electron chi connectivity index (χ1n) is 11.8. The molecule has 1 aliphatic heterocycles. The van der Waals surface area contributed by atoms with Gasteiger partial charge in [-0.15, -0.1) is 11.3 Å². The van der Waals surface area contributed by atoms with E-state index in [-0.39, 0.29) is 30.8 Å². The fraction of sp³-hybridized carbons (Fsp3) is 0.462. The molecule has 1 saturated heterocycles. The molecule has 3 aromatic rings. The number of likely N-dealkylation sites (tertiary alicyclic amines) is 1. The largest absolute Gasteiger partial charge is 0.391 e. The molecule has 186 valence electrons. The van der Waals surface area contributed by atoms with E-state index in [1.165, 1.54) is 4.90 Å². The molecule has 2 N–H and O–H groups in total. The van der Waals surface area contributed by atoms with Gasteiger partial charge in [-0.3, -0.25) is 14.6 Å². The number of aromatic nitrogens is 2. The molecule has 3 heterocycles. The summed E-state index contributed by atoms with van der Waals surface area (Å²) in [6, 6.07) is 8.71. The van der Waals surface area contributed by atoms with E-state index in [1.807, 2.05) is 58.2 Å². The van der Waals surface area contributed by atoms with Crippen LogP contribution in [0.5, 0.6) is 0 Å². The quantitative estimate of drug-likeness (QED) is 0.532. The Kier molecular flexibility index (Phi) is 7.10. The molecule has 0 spiro atoms. The van der Waals surface area contributed by atoms with E-state index in [9.17, 15) is 14.7 Å². The molecular weight excluding hydrogens is 464 g/mol. The molecule has 1 aromatic carbocycles. The van der Waals surface area contributed by atoms with Crippen LogP contribution in [0.2, 0.25) is 0 Å². The molecule has 0 aliphatic carbocycles. The molecule has 0 saturated carbocycles. The average molecular weight is 497 g/mol. The molecule has 2 amide bonds. The molecule has 0 unspecified atom stereocenters. The number of carbonyl (C=O) groups excluding carboxylic acids is 2. The number of nitrogens with one attached hydrogen (secondary N) is 1. The molecule has 0 radical (unpaired) electrons. The lowest BCUT2D eigenvalue weighted by Gasteiger charge is -2.33. The predicted octanol–water partition coefficient (Wildman–Crippen LogP) is 4.08. The highest BCUT2D eigenvalue weighted by atomic mass is 32.1. The maximum absolute atomic E-state index is 13.7. The summed E-state index contributed by atoms with van der Waals surface area (Å²) in [4.78, 5) is 33.7. The number of rotatable bonds is 6. The predicted molar refractivity (Wildman–Crippen MR) is 134 cm³/mol. The van der Waals surface area contributed by atoms with E-state index in [0.717, 1.165) is 16.0 Å². The Labute approximate surface area is 209 Å². The minimum absolute atomic E-state index is 0.106. The van der Waals surface area contributed by atoms with Gasteiger partial charge >= 0.3 is 0 Å². The summed E-state index contributed by atoms with van der Waals surface area (Å²) in [6.45, 7) is 9.67. The van der Waals surface area contributed by atoms with Crippen molar-refractivity contribution >= 4 is 23.2 Å². The molecule has 1 aliphatic rings. The SMILES string of the molecule is Cc1cc([C@H](C(=O)N2C[C@H](O)C[C@H]2C(=O)N[C@@H](C)c2ccc(-c3cncs3)cc2)C(C)(C)C)on1. The first-order valence-corrected chi connectivity index (χ1v) is 12.6. The van der Waals surface area contributed by atoms with Gasteiger partial charge in [-0.05, 0) is 30.4 Å². The van der Waals surface area contributed by atoms with Gasteiger partial charge in [0.25, 0.3) is 0 Å². The van der Waals surface area contributed by atoms with E-state index >= 15 is 0 Å². The summed E-state index contributed by atoms with van der Waals surface area (Å²) in [6.07, 6.45) is 1.26. The van der Waals surface area contributed by atoms with Gasteiger partial charge in [0, 0.05) is 25.2 Å². The van der Waals surface area contributed by atoms with Crippen LogP contribution in [0.4, 0.5) is 0 Å². The highest BCUT2D eigenvalue weighted by Gasteiger charge is 2.46. The second-order valence-electron chi connectivity index (χ2n) is 10.3. The lowest BCUT2D eigenvalue weighted by Crippen LogP contribution is -2.49. The normalized spacial score (nSPS) is 20.0. The van der Waals surface area contributed by atoms with Gasteiger partial charge in [0.2, 0.25) is 11.8 Å². The van der Waals surface area contributed by atoms with E-state index < -0.39 is 23.5 Å². The van der Waals surface area contributed by atoms with Crippen LogP contribution in [-0.2, 0) is 9.59 Å². The number of nitrogens with zero attached hydrogens (tertiary/aromatic N) is 3. The molecular formula is C26H32N4O4S. The van der Waals surface area contributed by atoms with Crippen LogP contribution in [0.25, 0.3) is 10.4 Å². The number of amides is 2. The third-order valence-electron chi connectivity index (χ3n) is 6.39. The second kappa shape index (κ2) is 9.91. The molecule has 1 fully saturated rings. The molecule has 2 aromatic heterocycles. The number of aliphatic hydroxyl groups is 1. The fourth-order valence-corrected chi connectivity index (χ4v) is 5.23. The zero-order chi connectivity index (χ0) is 25.3. The summed E-state index contributed by atoms with van der Waals surface area (Å²) in [5, 5.41) is 17.4. The molecule has 8 nitrogen and oxygen atoms in total. The Balaban J connectivity index is 1.49. The second-order valence-corrected chi connectivity index (χ2v) is 11.2. The van der Waals surface area contributed by atoms with Gasteiger partial charge in [0.1, 0.15) is 17.7 Å². The van der Waals surface area contributed by atoms with Gasteiger partial charge in [0.15, 0.2) is 0 Å². The average Bonchev–Trinajstić information content (AvgIpc) is 3.54. The third kappa shape index (κ3) is 5.46. The van der Waals surface area contributed by atoms with E-state index in [0.29, 0.717) is 11.5 Å². The number of hydrogen-bond acceptors (Lipinski definition) is 7. The monoisotopic (exact) mass is 496 g/mol. The highest BCUT2D eigenvalue weighted by molar-refractivity contribution is 7.13. The number of aryl methyl sites for hydroxylation is 1. The first-order chi connectivity index (χ1) is 16.5. The zero-order valence-electron chi connectivity index (χ0n) is 20.7. The minimum atomic E-state index is -0.763. The van der Waals surface area contributed by atoms with Crippen molar-refractivity contribution in [3.05, 3.63) is 59.1 Å². The van der Waals surface area contributed by atoms with Crippen molar-refractivity contribution in [2.24, 2.45) is 5.41 Å². The van der Waals surface area contributed by atoms with Crippen molar-refractivity contribution in [2.75, 3.05) is 6.54 Å². The maximum atomic E-state index is 13.7. The number of thiazole rings is 1. The van der Waals surface area contributed by atoms with Gasteiger partial charge < -0.3 is 19.8 Å². The van der Waals surface area contributed by atoms with Crippen molar-refractivity contribution < 1.29 is 19.2 Å². The molecule has 4 atom stereocenters. The van der Waals surface area contributed by atoms with Crippen LogP contribution < -0.4 is 5.32 Å². The first kappa shape index (κ1) is 25.1. The Hall–Kier alpha value is -3.04. The van der Waals surface area contributed by atoms with Crippen molar-refractivity contribution in [1.29, 1.82) is 0 Å². The summed E-state index contributed by atoms with van der Waals surface area (Å²) in [5.41, 5.74) is 4.04. The number of β-amino-alcohol motifs (C(OH)–C–C–N with tert-alkyl or cyclic N) is 1. The smallest absolute Gasteiger partial charge is 0.243 e. The maximum Gasteiger partial charge on any atom is 0.243 e. The Morgan fingerprint density at radius 2 is 1.97 bits per heavy atom. The molecule has 4 rings (SSSR count). The number of hydrogen-bond donors (Lipinski definition) is 2. The van der Waals surface area contributed by atoms with Crippen LogP contribution in [0, 0.1) is 12.3 Å². The molecule has 35 heavy (non-hydrogen) atoms. The highest BCUT2D eigenvalue weighted by Crippen LogP contribution is 2.38. The van der Waals surface area contributed by atoms with Gasteiger partial charge in [0.05, 0.1) is 28.2 Å². The lowest BCUT2D eigenvalue weighted by molar-refractivity contribution is -0.142. The van der Waals surface area contributed by atoms with Gasteiger partial charge in [-0.1, -0.05) is 50.2 Å². The Bertz CT molecular complexity index is 1170. The third-order valence-corrected chi connectivity index (χ3v) is 7.22. The number of benzene rings is 1. The van der Waals surface area contributed by atoms with Crippen LogP contribution in [-0.4, -0.2) is 50.7 Å². The molecule has 9 heteroatoms. The van der Waals surface area contributed by atoms with Crippen LogP contribution >= 0.6 is 11.3 Å². The minimum Gasteiger partial charge on any atom is -0.391 e. The van der Waals surface area contributed by atoms with Crippen LogP contribution in [0.15, 0.2) is 46.6 Å². The number of aliphatic hydroxyl groups excluding tert-OH is 1. The summed E-state index contributed by atoms with van der Waals surface area (Å²) < 4.78 is 5.45. The number of carbonyl (C=O) groups is 2. The Morgan fingerprint density at radius 1 is 1.26 bits per heavy atom. The van der Waals surface area contributed by atoms with Crippen LogP contribution in [0.1, 0.15) is 63.1 Å². The zero-order valence-corrected chi connectivity index (χ0v) is 21.5. The van der Waals surface area contributed by atoms with Crippen molar-refractivity contribution in [2.45, 2.75) is 65.1 Å². The fourth-order valence-electron chi connectivity index (χ4n) is 4.60. The summed E-state index contributed by atoms with van der Waals surface area (Å²) >= 11 is 1.57.